The van der Waals surface area contributed by atoms with E-state index >= 15 is 0 Å². The maximum absolute atomic E-state index is 14.0. The van der Waals surface area contributed by atoms with E-state index in [0.29, 0.717) is 5.69 Å². The summed E-state index contributed by atoms with van der Waals surface area (Å²) in [5.41, 5.74) is 2.38. The van der Waals surface area contributed by atoms with E-state index in [-0.39, 0.29) is 12.0 Å². The van der Waals surface area contributed by atoms with E-state index in [1.807, 2.05) is 24.3 Å². The van der Waals surface area contributed by atoms with Crippen molar-refractivity contribution in [2.24, 2.45) is 0 Å². The van der Waals surface area contributed by atoms with Crippen molar-refractivity contribution in [2.45, 2.75) is 18.5 Å². The van der Waals surface area contributed by atoms with Crippen molar-refractivity contribution in [3.8, 4) is 0 Å². The number of para-hydroxylation sites is 1. The molecule has 1 unspecified atom stereocenters. The zero-order valence-electron chi connectivity index (χ0n) is 15.4. The van der Waals surface area contributed by atoms with Crippen LogP contribution in [0.3, 0.4) is 0 Å². The molecule has 4 rings (SSSR count). The average Bonchev–Trinajstić information content (AvgIpc) is 3.08. The topological polar surface area (TPSA) is 62.4 Å². The number of nitrogens with one attached hydrogen (secondary N) is 1. The van der Waals surface area contributed by atoms with Gasteiger partial charge in [0.05, 0.1) is 13.2 Å². The van der Waals surface area contributed by atoms with E-state index < -0.39 is 41.5 Å². The second-order valence-electron chi connectivity index (χ2n) is 6.85. The van der Waals surface area contributed by atoms with Gasteiger partial charge in [0.2, 0.25) is 5.91 Å². The van der Waals surface area contributed by atoms with Gasteiger partial charge in [-0.1, -0.05) is 18.2 Å². The van der Waals surface area contributed by atoms with Crippen molar-refractivity contribution in [3.63, 3.8) is 0 Å². The molecule has 1 aromatic heterocycles. The summed E-state index contributed by atoms with van der Waals surface area (Å²) in [4.78, 5) is 29.8. The fourth-order valence-electron chi connectivity index (χ4n) is 4.06. The highest BCUT2D eigenvalue weighted by atomic mass is 35.5. The van der Waals surface area contributed by atoms with Crippen LogP contribution in [-0.2, 0) is 20.7 Å². The van der Waals surface area contributed by atoms with Crippen LogP contribution < -0.4 is 0 Å². The molecule has 3 aromatic rings. The predicted octanol–water partition coefficient (Wildman–Crippen LogP) is 3.70. The maximum Gasteiger partial charge on any atom is 0.328 e. The Kier molecular flexibility index (Phi) is 5.00. The second-order valence-corrected chi connectivity index (χ2v) is 7.11. The van der Waals surface area contributed by atoms with Gasteiger partial charge in [0.15, 0.2) is 0 Å². The van der Waals surface area contributed by atoms with Gasteiger partial charge in [0.25, 0.3) is 0 Å². The number of esters is 1. The first-order valence-corrected chi connectivity index (χ1v) is 9.48. The molecule has 0 saturated carbocycles. The molecule has 150 valence electrons. The van der Waals surface area contributed by atoms with Crippen molar-refractivity contribution >= 4 is 34.4 Å². The molecular weight excluding hydrogens is 402 g/mol. The maximum atomic E-state index is 14.0. The number of hydrogen-bond acceptors (Lipinski definition) is 3. The van der Waals surface area contributed by atoms with Gasteiger partial charge < -0.3 is 14.6 Å². The Hall–Kier alpha value is -2.93. The van der Waals surface area contributed by atoms with Crippen molar-refractivity contribution < 1.29 is 23.1 Å². The molecule has 1 aliphatic heterocycles. The number of carbonyl (C=O) groups excluding carboxylic acids is 2. The Labute approximate surface area is 170 Å². The monoisotopic (exact) mass is 418 g/mol. The smallest absolute Gasteiger partial charge is 0.328 e. The highest BCUT2D eigenvalue weighted by Crippen LogP contribution is 2.41. The molecule has 0 spiro atoms. The number of hydrogen-bond donors (Lipinski definition) is 1. The van der Waals surface area contributed by atoms with Crippen LogP contribution in [0.15, 0.2) is 42.5 Å². The van der Waals surface area contributed by atoms with Gasteiger partial charge in [0, 0.05) is 29.1 Å². The number of ether oxygens (including phenoxy) is 1. The van der Waals surface area contributed by atoms with E-state index in [4.69, 9.17) is 16.3 Å². The van der Waals surface area contributed by atoms with Crippen molar-refractivity contribution in [1.82, 2.24) is 9.88 Å². The Morgan fingerprint density at radius 3 is 2.55 bits per heavy atom. The number of H-pyrrole nitrogens is 1. The summed E-state index contributed by atoms with van der Waals surface area (Å²) >= 11 is 5.82. The summed E-state index contributed by atoms with van der Waals surface area (Å²) in [6.07, 6.45) is 0.197. The van der Waals surface area contributed by atoms with Crippen LogP contribution in [0.1, 0.15) is 22.9 Å². The van der Waals surface area contributed by atoms with Crippen molar-refractivity contribution in [2.75, 3.05) is 13.0 Å². The van der Waals surface area contributed by atoms with Crippen LogP contribution >= 0.6 is 11.6 Å². The van der Waals surface area contributed by atoms with Crippen LogP contribution in [0.4, 0.5) is 8.78 Å². The first kappa shape index (κ1) is 19.4. The molecule has 29 heavy (non-hydrogen) atoms. The lowest BCUT2D eigenvalue weighted by molar-refractivity contribution is -0.154. The molecule has 8 heteroatoms. The Morgan fingerprint density at radius 1 is 1.21 bits per heavy atom. The van der Waals surface area contributed by atoms with E-state index in [2.05, 4.69) is 4.98 Å². The van der Waals surface area contributed by atoms with E-state index in [1.54, 1.807) is 0 Å². The number of rotatable bonds is 3. The Balaban J connectivity index is 2.01. The highest BCUT2D eigenvalue weighted by Gasteiger charge is 2.44. The lowest BCUT2D eigenvalue weighted by Crippen LogP contribution is -2.52. The number of amides is 1. The molecule has 0 bridgehead atoms. The number of aromatic nitrogens is 1. The third-order valence-corrected chi connectivity index (χ3v) is 5.44. The molecule has 1 N–H and O–H groups in total. The van der Waals surface area contributed by atoms with Crippen molar-refractivity contribution in [1.29, 1.82) is 0 Å². The molecule has 0 fully saturated rings. The SMILES string of the molecule is COC(=O)[C@@H]1Cc2c([nH]c3ccccc23)C(c2cc(F)cc(F)c2)N1C(=O)CCl. The molecule has 0 radical (unpaired) electrons. The molecule has 1 amide bonds. The largest absolute Gasteiger partial charge is 0.467 e. The van der Waals surface area contributed by atoms with E-state index in [9.17, 15) is 18.4 Å². The number of aromatic amines is 1. The van der Waals surface area contributed by atoms with Crippen LogP contribution in [0.5, 0.6) is 0 Å². The summed E-state index contributed by atoms with van der Waals surface area (Å²) in [6, 6.07) is 8.61. The van der Waals surface area contributed by atoms with Crippen molar-refractivity contribution in [3.05, 3.63) is 70.9 Å². The number of fused-ring (bicyclic) bond motifs is 3. The molecule has 5 nitrogen and oxygen atoms in total. The number of halogens is 3. The molecular formula is C21H17ClF2N2O3. The quantitative estimate of drug-likeness (QED) is 0.521. The first-order chi connectivity index (χ1) is 13.9. The Bertz CT molecular complexity index is 1090. The summed E-state index contributed by atoms with van der Waals surface area (Å²) in [6.45, 7) is 0. The van der Waals surface area contributed by atoms with Gasteiger partial charge in [-0.15, -0.1) is 11.6 Å². The third-order valence-electron chi connectivity index (χ3n) is 5.21. The van der Waals surface area contributed by atoms with Crippen LogP contribution in [0.2, 0.25) is 0 Å². The van der Waals surface area contributed by atoms with Gasteiger partial charge in [-0.05, 0) is 29.3 Å². The fraction of sp³-hybridized carbons (Fsp3) is 0.238. The van der Waals surface area contributed by atoms with Gasteiger partial charge >= 0.3 is 5.97 Å². The number of alkyl halides is 1. The van der Waals surface area contributed by atoms with E-state index in [0.717, 1.165) is 34.7 Å². The standard InChI is InChI=1S/C21H17ClF2N2O3/c1-29-21(28)17-9-15-14-4-2-3-5-16(14)25-19(15)20(26(17)18(27)10-22)11-6-12(23)8-13(24)7-11/h2-8,17,20,25H,9-10H2,1H3/t17-,20?/m0/s1. The Morgan fingerprint density at radius 2 is 1.90 bits per heavy atom. The molecule has 1 aliphatic rings. The minimum atomic E-state index is -0.978. The minimum absolute atomic E-state index is 0.197. The van der Waals surface area contributed by atoms with Gasteiger partial charge in [-0.2, -0.15) is 0 Å². The molecule has 2 heterocycles. The fourth-order valence-corrected chi connectivity index (χ4v) is 4.20. The average molecular weight is 419 g/mol. The van der Waals surface area contributed by atoms with Gasteiger partial charge in [-0.3, -0.25) is 4.79 Å². The molecule has 2 aromatic carbocycles. The molecule has 0 saturated heterocycles. The van der Waals surface area contributed by atoms with Gasteiger partial charge in [-0.25, -0.2) is 13.6 Å². The zero-order valence-corrected chi connectivity index (χ0v) is 16.2. The summed E-state index contributed by atoms with van der Waals surface area (Å²) < 4.78 is 33.0. The number of carbonyl (C=O) groups is 2. The zero-order chi connectivity index (χ0) is 20.7. The number of nitrogens with zero attached hydrogens (tertiary/aromatic N) is 1. The normalized spacial score (nSPS) is 18.6. The second kappa shape index (κ2) is 7.48. The number of methoxy groups -OCH3 is 1. The summed E-state index contributed by atoms with van der Waals surface area (Å²) in [5.74, 6) is -3.12. The lowest BCUT2D eigenvalue weighted by Gasteiger charge is -2.40. The minimum Gasteiger partial charge on any atom is -0.467 e. The van der Waals surface area contributed by atoms with E-state index in [1.165, 1.54) is 12.0 Å². The van der Waals surface area contributed by atoms with Crippen LogP contribution in [-0.4, -0.2) is 40.8 Å². The van der Waals surface area contributed by atoms with Gasteiger partial charge in [0.1, 0.15) is 23.6 Å². The van der Waals surface area contributed by atoms with Crippen LogP contribution in [0.25, 0.3) is 10.9 Å². The number of benzene rings is 2. The summed E-state index contributed by atoms with van der Waals surface area (Å²) in [5, 5.41) is 0.872. The highest BCUT2D eigenvalue weighted by molar-refractivity contribution is 6.27. The predicted molar refractivity (Wildman–Crippen MR) is 104 cm³/mol. The molecule has 0 aliphatic carbocycles. The summed E-state index contributed by atoms with van der Waals surface area (Å²) in [7, 11) is 1.23. The first-order valence-electron chi connectivity index (χ1n) is 8.95. The lowest BCUT2D eigenvalue weighted by atomic mass is 9.88. The van der Waals surface area contributed by atoms with Crippen LogP contribution in [0, 0.1) is 11.6 Å². The molecule has 2 atom stereocenters. The third kappa shape index (κ3) is 3.25.